The number of esters is 1. The van der Waals surface area contributed by atoms with Crippen LogP contribution in [0.3, 0.4) is 0 Å². The van der Waals surface area contributed by atoms with Crippen molar-refractivity contribution >= 4 is 23.5 Å². The number of nitrogens with zero attached hydrogens (tertiary/aromatic N) is 2. The number of hydrogen-bond donors (Lipinski definition) is 1. The van der Waals surface area contributed by atoms with Crippen LogP contribution < -0.4 is 10.2 Å². The van der Waals surface area contributed by atoms with Crippen LogP contribution in [-0.2, 0) is 19.1 Å². The smallest absolute Gasteiger partial charge is 0.397 e. The van der Waals surface area contributed by atoms with Gasteiger partial charge in [-0.05, 0) is 56.9 Å². The molecule has 0 aliphatic carbocycles. The van der Waals surface area contributed by atoms with Gasteiger partial charge in [0.1, 0.15) is 5.54 Å². The number of benzene rings is 1. The Morgan fingerprint density at radius 3 is 2.35 bits per heavy atom. The van der Waals surface area contributed by atoms with Crippen LogP contribution in [0.4, 0.5) is 5.69 Å². The van der Waals surface area contributed by atoms with Gasteiger partial charge >= 0.3 is 11.9 Å². The lowest BCUT2D eigenvalue weighted by molar-refractivity contribution is -0.160. The van der Waals surface area contributed by atoms with E-state index in [-0.39, 0.29) is 12.5 Å². The minimum absolute atomic E-state index is 0.0140. The van der Waals surface area contributed by atoms with Crippen molar-refractivity contribution in [1.29, 1.82) is 0 Å². The van der Waals surface area contributed by atoms with Crippen molar-refractivity contribution in [3.05, 3.63) is 29.3 Å². The Bertz CT molecular complexity index is 718. The molecule has 2 fully saturated rings. The van der Waals surface area contributed by atoms with E-state index in [9.17, 15) is 14.4 Å². The van der Waals surface area contributed by atoms with Crippen molar-refractivity contribution in [2.45, 2.75) is 39.2 Å². The van der Waals surface area contributed by atoms with Gasteiger partial charge in [-0.3, -0.25) is 9.59 Å². The van der Waals surface area contributed by atoms with Crippen LogP contribution in [0, 0.1) is 13.8 Å². The molecule has 0 saturated carbocycles. The van der Waals surface area contributed by atoms with Crippen LogP contribution in [0.1, 0.15) is 30.9 Å². The Kier molecular flexibility index (Phi) is 4.89. The Morgan fingerprint density at radius 1 is 1.15 bits per heavy atom. The molecule has 2 aliphatic heterocycles. The number of aryl methyl sites for hydroxylation is 2. The molecular weight excluding hydrogens is 334 g/mol. The van der Waals surface area contributed by atoms with E-state index in [2.05, 4.69) is 28.4 Å². The van der Waals surface area contributed by atoms with Crippen molar-refractivity contribution in [2.75, 3.05) is 31.3 Å². The summed E-state index contributed by atoms with van der Waals surface area (Å²) in [5, 5.41) is 2.95. The highest BCUT2D eigenvalue weighted by Crippen LogP contribution is 2.37. The molecule has 3 rings (SSSR count). The van der Waals surface area contributed by atoms with Crippen LogP contribution in [0.25, 0.3) is 0 Å². The van der Waals surface area contributed by atoms with E-state index in [0.717, 1.165) is 16.8 Å². The summed E-state index contributed by atoms with van der Waals surface area (Å²) in [6.07, 6.45) is 0.966. The summed E-state index contributed by atoms with van der Waals surface area (Å²) in [6, 6.07) is 6.25. The largest absolute Gasteiger partial charge is 0.459 e. The molecule has 0 aromatic heterocycles. The van der Waals surface area contributed by atoms with Crippen LogP contribution in [0.5, 0.6) is 0 Å². The molecule has 1 aromatic carbocycles. The van der Waals surface area contributed by atoms with Crippen LogP contribution >= 0.6 is 0 Å². The third-order valence-electron chi connectivity index (χ3n) is 5.18. The fourth-order valence-corrected chi connectivity index (χ4v) is 3.93. The molecule has 7 nitrogen and oxygen atoms in total. The third-order valence-corrected chi connectivity index (χ3v) is 5.18. The number of amides is 2. The summed E-state index contributed by atoms with van der Waals surface area (Å²) in [4.78, 5) is 40.1. The quantitative estimate of drug-likeness (QED) is 0.632. The average Bonchev–Trinajstić information content (AvgIpc) is 2.91. The fraction of sp³-hybridized carbons (Fsp3) is 0.526. The molecule has 7 heteroatoms. The van der Waals surface area contributed by atoms with E-state index in [1.807, 2.05) is 13.8 Å². The Balaban J connectivity index is 1.79. The lowest BCUT2D eigenvalue weighted by Crippen LogP contribution is -2.58. The second-order valence-electron chi connectivity index (χ2n) is 6.98. The lowest BCUT2D eigenvalue weighted by Gasteiger charge is -2.43. The Hall–Kier alpha value is -2.57. The van der Waals surface area contributed by atoms with Crippen LogP contribution in [-0.4, -0.2) is 54.6 Å². The first kappa shape index (κ1) is 18.2. The van der Waals surface area contributed by atoms with Gasteiger partial charge in [-0.2, -0.15) is 0 Å². The molecule has 2 amide bonds. The van der Waals surface area contributed by atoms with Gasteiger partial charge in [-0.1, -0.05) is 6.07 Å². The zero-order valence-electron chi connectivity index (χ0n) is 15.5. The molecule has 1 spiro atoms. The van der Waals surface area contributed by atoms with E-state index < -0.39 is 17.4 Å². The minimum atomic E-state index is -0.828. The van der Waals surface area contributed by atoms with Crippen LogP contribution in [0.15, 0.2) is 18.2 Å². The molecule has 1 N–H and O–H groups in total. The SMILES string of the molecule is CCOC(=O)C(=O)N1CCC2(CC1)C(=O)NCN2c1cc(C)cc(C)c1. The summed E-state index contributed by atoms with van der Waals surface area (Å²) in [5.41, 5.74) is 2.62. The molecular formula is C19H25N3O4. The molecule has 0 atom stereocenters. The van der Waals surface area contributed by atoms with Gasteiger partial charge in [-0.15, -0.1) is 0 Å². The Morgan fingerprint density at radius 2 is 1.77 bits per heavy atom. The molecule has 0 radical (unpaired) electrons. The summed E-state index contributed by atoms with van der Waals surface area (Å²) in [7, 11) is 0. The van der Waals surface area contributed by atoms with E-state index in [4.69, 9.17) is 4.74 Å². The van der Waals surface area contributed by atoms with Crippen molar-refractivity contribution in [3.63, 3.8) is 0 Å². The summed E-state index contributed by atoms with van der Waals surface area (Å²) in [6.45, 7) is 7.07. The molecule has 2 saturated heterocycles. The highest BCUT2D eigenvalue weighted by Gasteiger charge is 2.51. The van der Waals surface area contributed by atoms with E-state index in [1.165, 1.54) is 4.90 Å². The van der Waals surface area contributed by atoms with Gasteiger partial charge in [0.05, 0.1) is 13.3 Å². The maximum atomic E-state index is 12.7. The molecule has 0 unspecified atom stereocenters. The van der Waals surface area contributed by atoms with Crippen molar-refractivity contribution in [1.82, 2.24) is 10.2 Å². The molecule has 2 aliphatic rings. The zero-order chi connectivity index (χ0) is 18.9. The molecule has 1 aromatic rings. The highest BCUT2D eigenvalue weighted by molar-refractivity contribution is 6.32. The summed E-state index contributed by atoms with van der Waals surface area (Å²) >= 11 is 0. The number of carbonyl (C=O) groups excluding carboxylic acids is 3. The first-order chi connectivity index (χ1) is 12.4. The van der Waals surface area contributed by atoms with E-state index in [1.54, 1.807) is 6.92 Å². The predicted molar refractivity (Wildman–Crippen MR) is 96.6 cm³/mol. The van der Waals surface area contributed by atoms with Gasteiger partial charge in [0.15, 0.2) is 0 Å². The van der Waals surface area contributed by atoms with Crippen molar-refractivity contribution < 1.29 is 19.1 Å². The molecule has 140 valence electrons. The number of carbonyl (C=O) groups is 3. The standard InChI is InChI=1S/C19H25N3O4/c1-4-26-17(24)16(23)21-7-5-19(6-8-21)18(25)20-12-22(19)15-10-13(2)9-14(3)11-15/h9-11H,4-8,12H2,1-3H3,(H,20,25). The average molecular weight is 359 g/mol. The number of rotatable bonds is 2. The first-order valence-electron chi connectivity index (χ1n) is 8.97. The molecule has 2 heterocycles. The zero-order valence-corrected chi connectivity index (χ0v) is 15.5. The number of ether oxygens (including phenoxy) is 1. The second kappa shape index (κ2) is 6.97. The monoisotopic (exact) mass is 359 g/mol. The fourth-order valence-electron chi connectivity index (χ4n) is 3.93. The number of anilines is 1. The summed E-state index contributed by atoms with van der Waals surface area (Å²) in [5.74, 6) is -1.47. The van der Waals surface area contributed by atoms with Crippen molar-refractivity contribution in [3.8, 4) is 0 Å². The van der Waals surface area contributed by atoms with E-state index >= 15 is 0 Å². The van der Waals surface area contributed by atoms with Gasteiger partial charge in [0.2, 0.25) is 5.91 Å². The molecule has 26 heavy (non-hydrogen) atoms. The lowest BCUT2D eigenvalue weighted by atomic mass is 9.85. The number of piperidine rings is 1. The van der Waals surface area contributed by atoms with Gasteiger partial charge in [-0.25, -0.2) is 4.79 Å². The molecule has 0 bridgehead atoms. The normalized spacial score (nSPS) is 18.8. The number of nitrogens with one attached hydrogen (secondary N) is 1. The highest BCUT2D eigenvalue weighted by atomic mass is 16.5. The van der Waals surface area contributed by atoms with Gasteiger partial charge in [0, 0.05) is 18.8 Å². The number of likely N-dealkylation sites (tertiary alicyclic amines) is 1. The van der Waals surface area contributed by atoms with Gasteiger partial charge < -0.3 is 19.9 Å². The first-order valence-corrected chi connectivity index (χ1v) is 8.97. The topological polar surface area (TPSA) is 79.0 Å². The Labute approximate surface area is 153 Å². The maximum absolute atomic E-state index is 12.7. The summed E-state index contributed by atoms with van der Waals surface area (Å²) < 4.78 is 4.79. The van der Waals surface area contributed by atoms with E-state index in [0.29, 0.717) is 32.6 Å². The van der Waals surface area contributed by atoms with Gasteiger partial charge in [0.25, 0.3) is 0 Å². The van der Waals surface area contributed by atoms with Crippen molar-refractivity contribution in [2.24, 2.45) is 0 Å². The second-order valence-corrected chi connectivity index (χ2v) is 6.98. The van der Waals surface area contributed by atoms with Crippen LogP contribution in [0.2, 0.25) is 0 Å². The third kappa shape index (κ3) is 3.13. The maximum Gasteiger partial charge on any atom is 0.397 e. The minimum Gasteiger partial charge on any atom is -0.459 e. The predicted octanol–water partition coefficient (Wildman–Crippen LogP) is 1.12. The number of hydrogen-bond acceptors (Lipinski definition) is 5.